The first-order valence-corrected chi connectivity index (χ1v) is 16.2. The van der Waals surface area contributed by atoms with Crippen molar-refractivity contribution in [3.63, 3.8) is 0 Å². The molecule has 0 nitrogen and oxygen atoms in total. The van der Waals surface area contributed by atoms with Crippen LogP contribution in [0.25, 0.3) is 12.2 Å². The van der Waals surface area contributed by atoms with Crippen molar-refractivity contribution in [2.75, 3.05) is 0 Å². The average Bonchev–Trinajstić information content (AvgIpc) is 3.40. The minimum Gasteiger partial charge on any atom is -1.00 e. The van der Waals surface area contributed by atoms with E-state index in [1.807, 2.05) is 11.8 Å². The largest absolute Gasteiger partial charge is 1.00 e. The summed E-state index contributed by atoms with van der Waals surface area (Å²) >= 11 is 8.63. The fourth-order valence-corrected chi connectivity index (χ4v) is 12.1. The molecule has 0 N–H and O–H groups in total. The van der Waals surface area contributed by atoms with Gasteiger partial charge in [-0.2, -0.15) is 0 Å². The van der Waals surface area contributed by atoms with Crippen LogP contribution in [0.5, 0.6) is 0 Å². The van der Waals surface area contributed by atoms with Gasteiger partial charge in [0.25, 0.3) is 0 Å². The molecule has 0 aromatic heterocycles. The molecule has 176 valence electrons. The van der Waals surface area contributed by atoms with Crippen molar-refractivity contribution in [2.24, 2.45) is 0 Å². The topological polar surface area (TPSA) is 0 Å². The van der Waals surface area contributed by atoms with E-state index < -0.39 is 23.2 Å². The van der Waals surface area contributed by atoms with Crippen molar-refractivity contribution in [1.82, 2.24) is 0 Å². The number of hydrogen-bond donors (Lipinski definition) is 0. The minimum atomic E-state index is -1.07. The SMILES string of the molecule is Brc1cccc2c1C(c1ccccc1)[C]([Zr+2][C]1=Cc3cc4cc(Br)c3C1c1cccc(c1)S4)=C2.[Cl-].[Cl-]. The van der Waals surface area contributed by atoms with E-state index >= 15 is 0 Å². The molecule has 0 amide bonds. The van der Waals surface area contributed by atoms with Gasteiger partial charge in [0, 0.05) is 0 Å². The van der Waals surface area contributed by atoms with E-state index in [2.05, 4.69) is 129 Å². The van der Waals surface area contributed by atoms with Crippen LogP contribution in [-0.4, -0.2) is 0 Å². The molecule has 2 atom stereocenters. The van der Waals surface area contributed by atoms with Crippen LogP contribution in [0.3, 0.4) is 0 Å². The number of hydrogen-bond acceptors (Lipinski definition) is 1. The third-order valence-corrected chi connectivity index (χ3v) is 12.7. The monoisotopic (exact) mass is 728 g/mol. The van der Waals surface area contributed by atoms with Crippen LogP contribution in [0.15, 0.2) is 110 Å². The summed E-state index contributed by atoms with van der Waals surface area (Å²) in [6, 6.07) is 31.6. The van der Waals surface area contributed by atoms with Crippen LogP contribution in [0, 0.1) is 0 Å². The summed E-state index contributed by atoms with van der Waals surface area (Å²) in [5.74, 6) is 0.700. The molecule has 2 heterocycles. The van der Waals surface area contributed by atoms with Gasteiger partial charge in [-0.25, -0.2) is 0 Å². The molecular weight excluding hydrogens is 714 g/mol. The molecule has 0 radical (unpaired) electrons. The maximum atomic E-state index is 3.95. The number of rotatable bonds is 3. The zero-order valence-electron chi connectivity index (χ0n) is 18.8. The predicted octanol–water partition coefficient (Wildman–Crippen LogP) is 3.44. The molecule has 2 unspecified atom stereocenters. The van der Waals surface area contributed by atoms with E-state index in [0.29, 0.717) is 11.8 Å². The van der Waals surface area contributed by atoms with Crippen LogP contribution in [-0.2, 0) is 23.2 Å². The number of benzene rings is 4. The van der Waals surface area contributed by atoms with Gasteiger partial charge in [0.1, 0.15) is 0 Å². The molecule has 0 saturated carbocycles. The second-order valence-electron chi connectivity index (χ2n) is 8.93. The molecule has 4 aliphatic rings. The Bertz CT molecular complexity index is 1550. The number of halogens is 4. The first kappa shape index (κ1) is 26.7. The Labute approximate surface area is 256 Å². The average molecular weight is 732 g/mol. The van der Waals surface area contributed by atoms with Gasteiger partial charge in [-0.1, -0.05) is 0 Å². The maximum Gasteiger partial charge on any atom is -1.00 e. The van der Waals surface area contributed by atoms with Crippen molar-refractivity contribution in [3.8, 4) is 0 Å². The molecular formula is C30H18Br2Cl2SZr. The Kier molecular flexibility index (Phi) is 7.96. The summed E-state index contributed by atoms with van der Waals surface area (Å²) in [6.45, 7) is 0. The van der Waals surface area contributed by atoms with Gasteiger partial charge in [-0.05, 0) is 0 Å². The van der Waals surface area contributed by atoms with Crippen molar-refractivity contribution in [3.05, 3.63) is 134 Å². The Morgan fingerprint density at radius 2 is 1.25 bits per heavy atom. The molecule has 0 fully saturated rings. The predicted molar refractivity (Wildman–Crippen MR) is 145 cm³/mol. The van der Waals surface area contributed by atoms with Crippen molar-refractivity contribution < 1.29 is 48.0 Å². The Morgan fingerprint density at radius 3 is 2.06 bits per heavy atom. The van der Waals surface area contributed by atoms with Crippen LogP contribution in [0.2, 0.25) is 0 Å². The molecule has 2 aliphatic heterocycles. The first-order valence-electron chi connectivity index (χ1n) is 11.3. The van der Waals surface area contributed by atoms with Gasteiger partial charge >= 0.3 is 234 Å². The molecule has 36 heavy (non-hydrogen) atoms. The van der Waals surface area contributed by atoms with Crippen LogP contribution in [0.1, 0.15) is 45.2 Å². The van der Waals surface area contributed by atoms with Crippen molar-refractivity contribution in [2.45, 2.75) is 21.6 Å². The van der Waals surface area contributed by atoms with Gasteiger partial charge in [0.15, 0.2) is 0 Å². The van der Waals surface area contributed by atoms with E-state index in [9.17, 15) is 0 Å². The van der Waals surface area contributed by atoms with E-state index in [0.717, 1.165) is 0 Å². The van der Waals surface area contributed by atoms with E-state index in [-0.39, 0.29) is 24.8 Å². The quantitative estimate of drug-likeness (QED) is 0.312. The first-order chi connectivity index (χ1) is 16.7. The maximum absolute atomic E-state index is 3.95. The molecule has 4 aromatic rings. The number of allylic oxidation sites excluding steroid dienone is 2. The third-order valence-electron chi connectivity index (χ3n) is 6.89. The van der Waals surface area contributed by atoms with Gasteiger partial charge in [0.05, 0.1) is 0 Å². The summed E-state index contributed by atoms with van der Waals surface area (Å²) in [5, 5.41) is 0. The second-order valence-corrected chi connectivity index (χ2v) is 15.2. The summed E-state index contributed by atoms with van der Waals surface area (Å²) in [4.78, 5) is 2.64. The van der Waals surface area contributed by atoms with Crippen molar-refractivity contribution >= 4 is 55.8 Å². The molecule has 0 saturated heterocycles. The van der Waals surface area contributed by atoms with E-state index in [1.54, 1.807) is 6.56 Å². The Balaban J connectivity index is 0.00000133. The third kappa shape index (κ3) is 4.51. The molecule has 6 heteroatoms. The van der Waals surface area contributed by atoms with E-state index in [1.165, 1.54) is 52.1 Å². The molecule has 0 spiro atoms. The van der Waals surface area contributed by atoms with Gasteiger partial charge in [0.2, 0.25) is 0 Å². The Hall–Kier alpha value is -0.867. The van der Waals surface area contributed by atoms with Gasteiger partial charge < -0.3 is 24.8 Å². The Morgan fingerprint density at radius 1 is 0.583 bits per heavy atom. The minimum absolute atomic E-state index is 0. The molecule has 4 aromatic carbocycles. The van der Waals surface area contributed by atoms with Gasteiger partial charge in [-0.3, -0.25) is 0 Å². The summed E-state index contributed by atoms with van der Waals surface area (Å²) in [5.41, 5.74) is 8.48. The second kappa shape index (κ2) is 10.7. The molecule has 8 rings (SSSR count). The van der Waals surface area contributed by atoms with Crippen LogP contribution < -0.4 is 24.8 Å². The van der Waals surface area contributed by atoms with Gasteiger partial charge in [-0.15, -0.1) is 0 Å². The fourth-order valence-electron chi connectivity index (χ4n) is 5.51. The summed E-state index contributed by atoms with van der Waals surface area (Å²) in [6.07, 6.45) is 5.03. The zero-order chi connectivity index (χ0) is 22.8. The normalized spacial score (nSPS) is 17.9. The standard InChI is InChI=1S/C15H8BrS.C15H10Br.2ClH.Zr/c16-14-8-12-7-10-4-5-13(15(10)14)9-2-1-3-11(6-9)17-12;16-14-8-4-7-12-9-10-13(15(12)14)11-5-2-1-3-6-11;;;/h1-4,6-8,13H;1-9,13H;2*1H;/q;;;;+2/p-2. The fraction of sp³-hybridized carbons (Fsp3) is 0.0667. The zero-order valence-corrected chi connectivity index (χ0v) is 26.8. The van der Waals surface area contributed by atoms with Crippen molar-refractivity contribution in [1.29, 1.82) is 0 Å². The molecule has 6 bridgehead atoms. The van der Waals surface area contributed by atoms with Crippen LogP contribution in [0.4, 0.5) is 0 Å². The number of fused-ring (bicyclic) bond motifs is 2. The smallest absolute Gasteiger partial charge is 1.00 e. The molecule has 2 aliphatic carbocycles. The van der Waals surface area contributed by atoms with Crippen LogP contribution >= 0.6 is 43.6 Å². The summed E-state index contributed by atoms with van der Waals surface area (Å²) < 4.78 is 5.75. The summed E-state index contributed by atoms with van der Waals surface area (Å²) in [7, 11) is 0. The van der Waals surface area contributed by atoms with E-state index in [4.69, 9.17) is 0 Å².